The van der Waals surface area contributed by atoms with E-state index in [2.05, 4.69) is 11.5 Å². The highest BCUT2D eigenvalue weighted by atomic mass is 16.5. The maximum absolute atomic E-state index is 12.5. The van der Waals surface area contributed by atoms with Gasteiger partial charge in [-0.1, -0.05) is 13.8 Å². The molecule has 0 aliphatic carbocycles. The third-order valence-corrected chi connectivity index (χ3v) is 4.89. The minimum atomic E-state index is -0.207. The molecule has 0 fully saturated rings. The largest absolute Gasteiger partial charge is 0.466 e. The molecule has 4 nitrogen and oxygen atoms in total. The van der Waals surface area contributed by atoms with E-state index in [4.69, 9.17) is 4.74 Å². The first-order valence-electron chi connectivity index (χ1n) is 8.78. The van der Waals surface area contributed by atoms with Gasteiger partial charge in [-0.15, -0.1) is 0 Å². The van der Waals surface area contributed by atoms with Crippen LogP contribution in [0.2, 0.25) is 0 Å². The molecule has 2 heterocycles. The highest BCUT2D eigenvalue weighted by molar-refractivity contribution is 6.03. The SMILES string of the molecule is CCOC(=O)Cc1c(C)n2c3c(cc(C(=O)C(C)C)cc13)CCC2. The molecular formula is C20H25NO3. The minimum absolute atomic E-state index is 0.0325. The van der Waals surface area contributed by atoms with Crippen molar-refractivity contribution in [3.63, 3.8) is 0 Å². The Labute approximate surface area is 142 Å². The van der Waals surface area contributed by atoms with Crippen LogP contribution in [0.1, 0.15) is 54.4 Å². The number of hydrogen-bond acceptors (Lipinski definition) is 3. The average Bonchev–Trinajstić information content (AvgIpc) is 2.81. The zero-order chi connectivity index (χ0) is 17.4. The topological polar surface area (TPSA) is 48.3 Å². The van der Waals surface area contributed by atoms with Crippen molar-refractivity contribution in [1.29, 1.82) is 0 Å². The van der Waals surface area contributed by atoms with Crippen LogP contribution in [0.25, 0.3) is 10.9 Å². The summed E-state index contributed by atoms with van der Waals surface area (Å²) in [5.74, 6) is -0.0813. The molecular weight excluding hydrogens is 302 g/mol. The van der Waals surface area contributed by atoms with Gasteiger partial charge in [0.15, 0.2) is 5.78 Å². The summed E-state index contributed by atoms with van der Waals surface area (Å²) in [6, 6.07) is 4.03. The van der Waals surface area contributed by atoms with Gasteiger partial charge in [0.1, 0.15) is 0 Å². The van der Waals surface area contributed by atoms with Gasteiger partial charge in [-0.2, -0.15) is 0 Å². The van der Waals surface area contributed by atoms with Crippen molar-refractivity contribution in [2.24, 2.45) is 5.92 Å². The van der Waals surface area contributed by atoms with Gasteiger partial charge in [-0.3, -0.25) is 9.59 Å². The number of carbonyl (C=O) groups excluding carboxylic acids is 2. The minimum Gasteiger partial charge on any atom is -0.466 e. The van der Waals surface area contributed by atoms with E-state index in [9.17, 15) is 9.59 Å². The van der Waals surface area contributed by atoms with Crippen molar-refractivity contribution in [3.05, 3.63) is 34.5 Å². The number of nitrogens with zero attached hydrogens (tertiary/aromatic N) is 1. The number of carbonyl (C=O) groups is 2. The highest BCUT2D eigenvalue weighted by Gasteiger charge is 2.24. The lowest BCUT2D eigenvalue weighted by Gasteiger charge is -2.18. The van der Waals surface area contributed by atoms with Gasteiger partial charge in [-0.05, 0) is 49.9 Å². The average molecular weight is 327 g/mol. The molecule has 128 valence electrons. The molecule has 0 atom stereocenters. The monoisotopic (exact) mass is 327 g/mol. The van der Waals surface area contributed by atoms with Crippen molar-refractivity contribution in [1.82, 2.24) is 4.57 Å². The second-order valence-corrected chi connectivity index (χ2v) is 6.85. The summed E-state index contributed by atoms with van der Waals surface area (Å²) < 4.78 is 7.44. The van der Waals surface area contributed by atoms with Crippen LogP contribution in [-0.2, 0) is 28.9 Å². The first-order valence-corrected chi connectivity index (χ1v) is 8.78. The number of aromatic nitrogens is 1. The molecule has 0 saturated heterocycles. The normalized spacial score (nSPS) is 13.5. The third-order valence-electron chi connectivity index (χ3n) is 4.89. The molecule has 0 N–H and O–H groups in total. The molecule has 4 heteroatoms. The highest BCUT2D eigenvalue weighted by Crippen LogP contribution is 2.34. The van der Waals surface area contributed by atoms with Crippen LogP contribution in [0.5, 0.6) is 0 Å². The van der Waals surface area contributed by atoms with Crippen LogP contribution in [0.4, 0.5) is 0 Å². The molecule has 0 amide bonds. The second-order valence-electron chi connectivity index (χ2n) is 6.85. The number of aryl methyl sites for hydroxylation is 2. The van der Waals surface area contributed by atoms with Gasteiger partial charge >= 0.3 is 5.97 Å². The fourth-order valence-electron chi connectivity index (χ4n) is 3.72. The Morgan fingerprint density at radius 1 is 1.29 bits per heavy atom. The summed E-state index contributed by atoms with van der Waals surface area (Å²) in [6.45, 7) is 9.09. The molecule has 1 aliphatic rings. The Balaban J connectivity index is 2.19. The fourth-order valence-corrected chi connectivity index (χ4v) is 3.72. The van der Waals surface area contributed by atoms with E-state index >= 15 is 0 Å². The van der Waals surface area contributed by atoms with Gasteiger partial charge in [0.25, 0.3) is 0 Å². The molecule has 24 heavy (non-hydrogen) atoms. The number of esters is 1. The molecule has 1 aromatic carbocycles. The summed E-state index contributed by atoms with van der Waals surface area (Å²) in [4.78, 5) is 24.5. The van der Waals surface area contributed by atoms with Crippen LogP contribution >= 0.6 is 0 Å². The first kappa shape index (κ1) is 16.7. The lowest BCUT2D eigenvalue weighted by molar-refractivity contribution is -0.142. The van der Waals surface area contributed by atoms with Gasteiger partial charge in [-0.25, -0.2) is 0 Å². The van der Waals surface area contributed by atoms with Crippen LogP contribution < -0.4 is 0 Å². The number of benzene rings is 1. The Kier molecular flexibility index (Phi) is 4.48. The number of ketones is 1. The molecule has 0 unspecified atom stereocenters. The van der Waals surface area contributed by atoms with Gasteiger partial charge < -0.3 is 9.30 Å². The summed E-state index contributed by atoms with van der Waals surface area (Å²) in [6.07, 6.45) is 2.32. The van der Waals surface area contributed by atoms with Crippen molar-refractivity contribution < 1.29 is 14.3 Å². The Morgan fingerprint density at radius 2 is 2.04 bits per heavy atom. The van der Waals surface area contributed by atoms with E-state index in [1.165, 1.54) is 11.1 Å². The lowest BCUT2D eigenvalue weighted by atomic mass is 9.93. The predicted molar refractivity (Wildman–Crippen MR) is 94.5 cm³/mol. The predicted octanol–water partition coefficient (Wildman–Crippen LogP) is 3.84. The van der Waals surface area contributed by atoms with E-state index in [-0.39, 0.29) is 24.1 Å². The fraction of sp³-hybridized carbons (Fsp3) is 0.500. The van der Waals surface area contributed by atoms with Crippen molar-refractivity contribution in [2.45, 2.75) is 53.5 Å². The van der Waals surface area contributed by atoms with E-state index in [0.29, 0.717) is 6.61 Å². The Bertz CT molecular complexity index is 814. The summed E-state index contributed by atoms with van der Waals surface area (Å²) >= 11 is 0. The Hall–Kier alpha value is -2.10. The molecule has 3 rings (SSSR count). The van der Waals surface area contributed by atoms with E-state index in [0.717, 1.165) is 41.6 Å². The number of rotatable bonds is 5. The van der Waals surface area contributed by atoms with Crippen molar-refractivity contribution >= 4 is 22.7 Å². The molecule has 0 saturated carbocycles. The van der Waals surface area contributed by atoms with Crippen LogP contribution in [-0.4, -0.2) is 22.9 Å². The third kappa shape index (κ3) is 2.74. The van der Waals surface area contributed by atoms with Crippen LogP contribution in [0, 0.1) is 12.8 Å². The summed E-state index contributed by atoms with van der Waals surface area (Å²) in [7, 11) is 0. The first-order chi connectivity index (χ1) is 11.4. The zero-order valence-corrected chi connectivity index (χ0v) is 14.9. The quantitative estimate of drug-likeness (QED) is 0.619. The Morgan fingerprint density at radius 3 is 2.71 bits per heavy atom. The lowest BCUT2D eigenvalue weighted by Crippen LogP contribution is -2.12. The molecule has 0 radical (unpaired) electrons. The zero-order valence-electron chi connectivity index (χ0n) is 14.9. The smallest absolute Gasteiger partial charge is 0.310 e. The van der Waals surface area contributed by atoms with E-state index in [1.807, 2.05) is 32.9 Å². The summed E-state index contributed by atoms with van der Waals surface area (Å²) in [5, 5.41) is 1.04. The number of ether oxygens (including phenoxy) is 1. The van der Waals surface area contributed by atoms with Crippen molar-refractivity contribution in [2.75, 3.05) is 6.61 Å². The van der Waals surface area contributed by atoms with E-state index < -0.39 is 0 Å². The van der Waals surface area contributed by atoms with Crippen LogP contribution in [0.3, 0.4) is 0 Å². The molecule has 2 aromatic rings. The summed E-state index contributed by atoms with van der Waals surface area (Å²) in [5.41, 5.74) is 5.30. The van der Waals surface area contributed by atoms with Gasteiger partial charge in [0.2, 0.25) is 0 Å². The molecule has 1 aromatic heterocycles. The second kappa shape index (κ2) is 6.42. The maximum atomic E-state index is 12.5. The maximum Gasteiger partial charge on any atom is 0.310 e. The van der Waals surface area contributed by atoms with Crippen molar-refractivity contribution in [3.8, 4) is 0 Å². The standard InChI is InChI=1S/C20H25NO3/c1-5-24-18(22)11-16-13(4)21-8-6-7-14-9-15(20(23)12(2)3)10-17(16)19(14)21/h9-10,12H,5-8,11H2,1-4H3. The molecule has 0 spiro atoms. The van der Waals surface area contributed by atoms with Crippen LogP contribution in [0.15, 0.2) is 12.1 Å². The van der Waals surface area contributed by atoms with E-state index in [1.54, 1.807) is 0 Å². The number of hydrogen-bond donors (Lipinski definition) is 0. The molecule has 0 bridgehead atoms. The van der Waals surface area contributed by atoms with Gasteiger partial charge in [0.05, 0.1) is 18.5 Å². The molecule has 1 aliphatic heterocycles. The van der Waals surface area contributed by atoms with Gasteiger partial charge in [0, 0.05) is 29.1 Å². The number of Topliss-reactive ketones (excluding diaryl/α,β-unsaturated/α-hetero) is 1.